The molecule has 0 aliphatic rings. The van der Waals surface area contributed by atoms with Crippen LogP contribution in [0.25, 0.3) is 0 Å². The van der Waals surface area contributed by atoms with Crippen LogP contribution in [-0.4, -0.2) is 0 Å². The van der Waals surface area contributed by atoms with Gasteiger partial charge in [0.2, 0.25) is 0 Å². The number of rotatable bonds is 0. The fourth-order valence-electron chi connectivity index (χ4n) is 0. The summed E-state index contributed by atoms with van der Waals surface area (Å²) in [6.45, 7) is 4.75. The van der Waals surface area contributed by atoms with Crippen molar-refractivity contribution in [2.75, 3.05) is 0 Å². The van der Waals surface area contributed by atoms with Crippen molar-refractivity contribution >= 4 is 0 Å². The van der Waals surface area contributed by atoms with Crippen molar-refractivity contribution in [3.8, 4) is 0 Å². The summed E-state index contributed by atoms with van der Waals surface area (Å²) in [5.41, 5.74) is 0. The molecule has 0 bridgehead atoms. The summed E-state index contributed by atoms with van der Waals surface area (Å²) in [5.74, 6) is 0. The Morgan fingerprint density at radius 2 is 1.40 bits per heavy atom. The molecule has 0 saturated heterocycles. The molecule has 0 amide bonds. The van der Waals surface area contributed by atoms with Gasteiger partial charge in [0.05, 0.1) is 0 Å². The van der Waals surface area contributed by atoms with Crippen LogP contribution >= 0.6 is 0 Å². The normalized spacial score (nSPS) is 0.400. The van der Waals surface area contributed by atoms with Crippen LogP contribution in [0.3, 0.4) is 0 Å². The molecule has 0 fully saturated rings. The van der Waals surface area contributed by atoms with Gasteiger partial charge >= 0.3 is 35.9 Å². The van der Waals surface area contributed by atoms with Crippen LogP contribution in [0.15, 0.2) is 0 Å². The molecule has 1 radical (unpaired) electrons. The first kappa shape index (κ1) is 46.1. The molecule has 0 aromatic heterocycles. The predicted octanol–water partition coefficient (Wildman–Crippen LogP) is -2.34. The maximum Gasteiger partial charge on any atom is 2.00 e. The fourth-order valence-corrected chi connectivity index (χ4v) is 0. The number of nitrogens with zero attached hydrogens (tertiary/aromatic N) is 1. The minimum absolute atomic E-state index is 0. The molecular weight excluding hydrogens is 109 g/mol. The third-order valence-corrected chi connectivity index (χ3v) is 0. The van der Waals surface area contributed by atoms with Crippen molar-refractivity contribution in [1.29, 1.82) is 5.26 Å². The largest absolute Gasteiger partial charge is 2.00 e. The number of hydrogen-bond donors (Lipinski definition) is 0. The van der Waals surface area contributed by atoms with E-state index in [9.17, 15) is 0 Å². The summed E-state index contributed by atoms with van der Waals surface area (Å²) >= 11 is 0. The van der Waals surface area contributed by atoms with E-state index < -0.39 is 0 Å². The summed E-state index contributed by atoms with van der Waals surface area (Å²) in [7, 11) is 0. The third-order valence-electron chi connectivity index (χ3n) is 0. The SMILES string of the molecule is [C-]#N.[CH3-].[Cu+2].[H-].[Li+]. The van der Waals surface area contributed by atoms with Gasteiger partial charge in [0, 0.05) is 0 Å². The second kappa shape index (κ2) is 163. The van der Waals surface area contributed by atoms with Gasteiger partial charge in [-0.2, -0.15) is 0 Å². The molecule has 0 saturated carbocycles. The average molecular weight is 113 g/mol. The van der Waals surface area contributed by atoms with E-state index >= 15 is 0 Å². The van der Waals surface area contributed by atoms with Gasteiger partial charge in [-0.25, -0.2) is 0 Å². The Bertz CT molecular complexity index is 18.3. The van der Waals surface area contributed by atoms with E-state index in [1.54, 1.807) is 0 Å². The van der Waals surface area contributed by atoms with E-state index in [1.165, 1.54) is 0 Å². The summed E-state index contributed by atoms with van der Waals surface area (Å²) < 4.78 is 0. The predicted molar refractivity (Wildman–Crippen MR) is 12.5 cm³/mol. The molecule has 0 atom stereocenters. The molecule has 29 valence electrons. The zero-order valence-electron chi connectivity index (χ0n) is 4.25. The fraction of sp³-hybridized carbons (Fsp3) is 0. The Balaban J connectivity index is -0.000000000833. The smallest absolute Gasteiger partial charge is 1.00 e. The van der Waals surface area contributed by atoms with E-state index in [0.717, 1.165) is 0 Å². The van der Waals surface area contributed by atoms with Crippen molar-refractivity contribution in [2.45, 2.75) is 0 Å². The van der Waals surface area contributed by atoms with Gasteiger partial charge in [0.1, 0.15) is 0 Å². The molecule has 0 spiro atoms. The Hall–Kier alpha value is 0.607. The van der Waals surface area contributed by atoms with E-state index in [2.05, 4.69) is 0 Å². The van der Waals surface area contributed by atoms with Crippen LogP contribution in [0.1, 0.15) is 1.43 Å². The summed E-state index contributed by atoms with van der Waals surface area (Å²) in [6.07, 6.45) is 0. The van der Waals surface area contributed by atoms with Gasteiger partial charge in [0.15, 0.2) is 0 Å². The van der Waals surface area contributed by atoms with Crippen LogP contribution in [0.2, 0.25) is 0 Å². The summed E-state index contributed by atoms with van der Waals surface area (Å²) in [4.78, 5) is 0. The first-order valence-electron chi connectivity index (χ1n) is 0.224. The Labute approximate surface area is 56.9 Å². The van der Waals surface area contributed by atoms with Crippen LogP contribution in [0.5, 0.6) is 0 Å². The molecule has 0 N–H and O–H groups in total. The first-order valence-corrected chi connectivity index (χ1v) is 0.224. The zero-order chi connectivity index (χ0) is 2.00. The molecule has 1 nitrogen and oxygen atoms in total. The van der Waals surface area contributed by atoms with Crippen molar-refractivity contribution < 1.29 is 37.4 Å². The molecule has 0 aliphatic heterocycles. The quantitative estimate of drug-likeness (QED) is 0.255. The Morgan fingerprint density at radius 1 is 1.40 bits per heavy atom. The van der Waals surface area contributed by atoms with Gasteiger partial charge in [-0.05, 0) is 0 Å². The molecule has 0 aromatic carbocycles. The van der Waals surface area contributed by atoms with Crippen LogP contribution in [0, 0.1) is 19.3 Å². The maximum absolute atomic E-state index is 6.25. The monoisotopic (exact) mass is 112 g/mol. The second-order valence-corrected chi connectivity index (χ2v) is 0. The topological polar surface area (TPSA) is 23.8 Å². The molecule has 0 rings (SSSR count). The molecule has 0 aromatic rings. The van der Waals surface area contributed by atoms with E-state index in [-0.39, 0.29) is 44.8 Å². The third kappa shape index (κ3) is 85.0. The minimum atomic E-state index is 0. The molecule has 3 heteroatoms. The Morgan fingerprint density at radius 3 is 1.40 bits per heavy atom. The molecule has 0 heterocycles. The summed E-state index contributed by atoms with van der Waals surface area (Å²) in [5, 5.41) is 6.25. The van der Waals surface area contributed by atoms with Gasteiger partial charge in [-0.1, -0.05) is 0 Å². The molecule has 5 heavy (non-hydrogen) atoms. The second-order valence-electron chi connectivity index (χ2n) is 0. The van der Waals surface area contributed by atoms with Gasteiger partial charge in [-0.15, -0.1) is 0 Å². The van der Waals surface area contributed by atoms with E-state index in [1.807, 2.05) is 0 Å². The summed E-state index contributed by atoms with van der Waals surface area (Å²) in [6, 6.07) is 0. The van der Waals surface area contributed by atoms with Crippen LogP contribution in [-0.2, 0) is 17.1 Å². The molecule has 0 aliphatic carbocycles. The average Bonchev–Trinajstić information content (AvgIpc) is 1.00. The molecular formula is C2H4CuLiN. The standard InChI is InChI=1S/CN.CH3.Cu.Li.H/c1-2;;;;/h;1H3;;;/q2*-1;+2;+1;-1. The van der Waals surface area contributed by atoms with E-state index in [0.29, 0.717) is 0 Å². The van der Waals surface area contributed by atoms with Crippen LogP contribution in [0.4, 0.5) is 0 Å². The zero-order valence-corrected chi connectivity index (χ0v) is 4.19. The first-order chi connectivity index (χ1) is 1.00. The van der Waals surface area contributed by atoms with Gasteiger partial charge in [0.25, 0.3) is 0 Å². The molecule has 0 unspecified atom stereocenters. The van der Waals surface area contributed by atoms with E-state index in [4.69, 9.17) is 11.8 Å². The number of hydrogen-bond acceptors (Lipinski definition) is 1. The van der Waals surface area contributed by atoms with Gasteiger partial charge < -0.3 is 20.7 Å². The van der Waals surface area contributed by atoms with Crippen molar-refractivity contribution in [1.82, 2.24) is 0 Å². The van der Waals surface area contributed by atoms with Crippen LogP contribution < -0.4 is 18.9 Å². The Kier molecular flexibility index (Phi) is 1500. The minimum Gasteiger partial charge on any atom is -1.00 e. The van der Waals surface area contributed by atoms with Crippen molar-refractivity contribution in [3.05, 3.63) is 14.0 Å². The van der Waals surface area contributed by atoms with Crippen molar-refractivity contribution in [2.24, 2.45) is 0 Å². The maximum atomic E-state index is 6.25. The van der Waals surface area contributed by atoms with Crippen molar-refractivity contribution in [3.63, 3.8) is 0 Å². The van der Waals surface area contributed by atoms with Gasteiger partial charge in [-0.3, -0.25) is 0 Å².